The lowest BCUT2D eigenvalue weighted by atomic mass is 10.2. The minimum Gasteiger partial charge on any atom is -0.291 e. The predicted octanol–water partition coefficient (Wildman–Crippen LogP) is 1.88. The first kappa shape index (κ1) is 9.54. The molecule has 12 heavy (non-hydrogen) atoms. The van der Waals surface area contributed by atoms with Gasteiger partial charge in [-0.25, -0.2) is 0 Å². The minimum absolute atomic E-state index is 0.123. The molecule has 0 aliphatic heterocycles. The van der Waals surface area contributed by atoms with E-state index in [-0.39, 0.29) is 6.04 Å². The Morgan fingerprint density at radius 2 is 2.25 bits per heavy atom. The highest BCUT2D eigenvalue weighted by Gasteiger charge is 2.34. The number of hydrogen-bond donors (Lipinski definition) is 0. The second-order valence-electron chi connectivity index (χ2n) is 3.97. The van der Waals surface area contributed by atoms with Crippen molar-refractivity contribution in [1.82, 2.24) is 4.90 Å². The third-order valence-electron chi connectivity index (χ3n) is 2.87. The Hall–Kier alpha value is -0.550. The van der Waals surface area contributed by atoms with Crippen molar-refractivity contribution in [2.45, 2.75) is 32.7 Å². The maximum Gasteiger partial charge on any atom is 0.0972 e. The Kier molecular flexibility index (Phi) is 3.11. The summed E-state index contributed by atoms with van der Waals surface area (Å²) in [5.41, 5.74) is 0. The first-order valence-corrected chi connectivity index (χ1v) is 4.78. The molecule has 68 valence electrons. The fourth-order valence-corrected chi connectivity index (χ4v) is 1.65. The second-order valence-corrected chi connectivity index (χ2v) is 3.97. The molecule has 1 fully saturated rings. The van der Waals surface area contributed by atoms with Gasteiger partial charge in [0.15, 0.2) is 0 Å². The zero-order chi connectivity index (χ0) is 9.14. The van der Waals surface area contributed by atoms with E-state index in [0.717, 1.165) is 24.8 Å². The van der Waals surface area contributed by atoms with Crippen LogP contribution in [0, 0.1) is 23.2 Å². The Morgan fingerprint density at radius 1 is 1.67 bits per heavy atom. The molecule has 0 spiro atoms. The Labute approximate surface area is 75.2 Å². The zero-order valence-corrected chi connectivity index (χ0v) is 8.25. The van der Waals surface area contributed by atoms with Crippen LogP contribution >= 0.6 is 0 Å². The van der Waals surface area contributed by atoms with E-state index in [1.165, 1.54) is 6.42 Å². The van der Waals surface area contributed by atoms with E-state index in [4.69, 9.17) is 5.26 Å². The maximum atomic E-state index is 8.80. The van der Waals surface area contributed by atoms with E-state index >= 15 is 0 Å². The Balaban J connectivity index is 2.27. The van der Waals surface area contributed by atoms with Crippen LogP contribution < -0.4 is 0 Å². The molecule has 1 saturated carbocycles. The second kappa shape index (κ2) is 3.91. The van der Waals surface area contributed by atoms with Crippen LogP contribution in [0.15, 0.2) is 0 Å². The summed E-state index contributed by atoms with van der Waals surface area (Å²) in [6, 6.07) is 2.45. The van der Waals surface area contributed by atoms with Crippen LogP contribution in [0.4, 0.5) is 0 Å². The number of hydrogen-bond acceptors (Lipinski definition) is 2. The molecule has 1 aliphatic rings. The summed E-state index contributed by atoms with van der Waals surface area (Å²) < 4.78 is 0. The smallest absolute Gasteiger partial charge is 0.0972 e. The first-order chi connectivity index (χ1) is 5.69. The molecule has 0 N–H and O–H groups in total. The molecule has 3 atom stereocenters. The number of nitriles is 1. The van der Waals surface area contributed by atoms with E-state index in [2.05, 4.69) is 31.9 Å². The van der Waals surface area contributed by atoms with E-state index in [1.807, 2.05) is 0 Å². The van der Waals surface area contributed by atoms with Gasteiger partial charge in [-0.05, 0) is 31.7 Å². The van der Waals surface area contributed by atoms with Crippen LogP contribution in [0.25, 0.3) is 0 Å². The lowest BCUT2D eigenvalue weighted by molar-refractivity contribution is 0.266. The highest BCUT2D eigenvalue weighted by atomic mass is 15.1. The van der Waals surface area contributed by atoms with E-state index in [9.17, 15) is 0 Å². The summed E-state index contributed by atoms with van der Waals surface area (Å²) in [6.45, 7) is 5.46. The van der Waals surface area contributed by atoms with Crippen molar-refractivity contribution in [3.05, 3.63) is 0 Å². The lowest BCUT2D eigenvalue weighted by Crippen LogP contribution is -2.31. The van der Waals surface area contributed by atoms with Gasteiger partial charge < -0.3 is 0 Å². The van der Waals surface area contributed by atoms with E-state index in [1.54, 1.807) is 0 Å². The third kappa shape index (κ3) is 2.22. The Morgan fingerprint density at radius 3 is 2.58 bits per heavy atom. The molecular formula is C10H18N2. The molecule has 1 rings (SSSR count). The normalized spacial score (nSPS) is 29.9. The lowest BCUT2D eigenvalue weighted by Gasteiger charge is -2.20. The molecule has 2 heteroatoms. The third-order valence-corrected chi connectivity index (χ3v) is 2.87. The summed E-state index contributed by atoms with van der Waals surface area (Å²) in [5, 5.41) is 8.80. The summed E-state index contributed by atoms with van der Waals surface area (Å²) in [4.78, 5) is 2.19. The molecule has 0 bridgehead atoms. The largest absolute Gasteiger partial charge is 0.291 e. The van der Waals surface area contributed by atoms with Crippen molar-refractivity contribution in [2.75, 3.05) is 13.6 Å². The van der Waals surface area contributed by atoms with Crippen LogP contribution in [0.5, 0.6) is 0 Å². The fourth-order valence-electron chi connectivity index (χ4n) is 1.65. The highest BCUT2D eigenvalue weighted by Crippen LogP contribution is 2.38. The van der Waals surface area contributed by atoms with Gasteiger partial charge in [0.1, 0.15) is 0 Å². The number of nitrogens with zero attached hydrogens (tertiary/aromatic N) is 2. The van der Waals surface area contributed by atoms with Gasteiger partial charge >= 0.3 is 0 Å². The van der Waals surface area contributed by atoms with Crippen LogP contribution in [0.3, 0.4) is 0 Å². The van der Waals surface area contributed by atoms with Crippen molar-refractivity contribution >= 4 is 0 Å². The van der Waals surface area contributed by atoms with Crippen LogP contribution in [0.1, 0.15) is 26.7 Å². The van der Waals surface area contributed by atoms with Crippen LogP contribution in [-0.2, 0) is 0 Å². The van der Waals surface area contributed by atoms with Crippen molar-refractivity contribution in [3.63, 3.8) is 0 Å². The van der Waals surface area contributed by atoms with Crippen LogP contribution in [0.2, 0.25) is 0 Å². The van der Waals surface area contributed by atoms with Crippen LogP contribution in [-0.4, -0.2) is 24.5 Å². The summed E-state index contributed by atoms with van der Waals surface area (Å²) in [7, 11) is 2.06. The van der Waals surface area contributed by atoms with E-state index < -0.39 is 0 Å². The van der Waals surface area contributed by atoms with Gasteiger partial charge in [0, 0.05) is 6.54 Å². The average Bonchev–Trinajstić information content (AvgIpc) is 2.69. The zero-order valence-electron chi connectivity index (χ0n) is 8.25. The molecule has 0 radical (unpaired) electrons. The van der Waals surface area contributed by atoms with Gasteiger partial charge in [0.25, 0.3) is 0 Å². The molecule has 0 aromatic heterocycles. The summed E-state index contributed by atoms with van der Waals surface area (Å²) in [6.07, 6.45) is 2.29. The molecule has 0 aromatic carbocycles. The molecular weight excluding hydrogens is 148 g/mol. The van der Waals surface area contributed by atoms with Gasteiger partial charge in [-0.1, -0.05) is 13.8 Å². The van der Waals surface area contributed by atoms with Crippen molar-refractivity contribution < 1.29 is 0 Å². The molecule has 0 amide bonds. The van der Waals surface area contributed by atoms with Gasteiger partial charge in [-0.15, -0.1) is 0 Å². The SMILES string of the molecule is CCC(C#N)N(C)CC1CC1C. The van der Waals surface area contributed by atoms with Gasteiger partial charge in [0.2, 0.25) is 0 Å². The molecule has 0 saturated heterocycles. The van der Waals surface area contributed by atoms with Crippen molar-refractivity contribution in [3.8, 4) is 6.07 Å². The monoisotopic (exact) mass is 166 g/mol. The van der Waals surface area contributed by atoms with Gasteiger partial charge in [-0.3, -0.25) is 4.90 Å². The maximum absolute atomic E-state index is 8.80. The molecule has 1 aliphatic carbocycles. The standard InChI is InChI=1S/C10H18N2/c1-4-10(6-11)12(3)7-9-5-8(9)2/h8-10H,4-5,7H2,1-3H3. The average molecular weight is 166 g/mol. The topological polar surface area (TPSA) is 27.0 Å². The van der Waals surface area contributed by atoms with Gasteiger partial charge in [0.05, 0.1) is 12.1 Å². The molecule has 3 unspecified atom stereocenters. The summed E-state index contributed by atoms with van der Waals surface area (Å²) >= 11 is 0. The van der Waals surface area contributed by atoms with Crippen molar-refractivity contribution in [1.29, 1.82) is 5.26 Å². The number of rotatable bonds is 4. The first-order valence-electron chi connectivity index (χ1n) is 4.78. The quantitative estimate of drug-likeness (QED) is 0.637. The highest BCUT2D eigenvalue weighted by molar-refractivity contribution is 4.93. The molecule has 0 aromatic rings. The predicted molar refractivity (Wildman–Crippen MR) is 49.6 cm³/mol. The molecule has 0 heterocycles. The summed E-state index contributed by atoms with van der Waals surface area (Å²) in [5.74, 6) is 1.75. The van der Waals surface area contributed by atoms with Crippen molar-refractivity contribution in [2.24, 2.45) is 11.8 Å². The Bertz CT molecular complexity index is 183. The minimum atomic E-state index is 0.123. The fraction of sp³-hybridized carbons (Fsp3) is 0.900. The van der Waals surface area contributed by atoms with E-state index in [0.29, 0.717) is 0 Å². The molecule has 2 nitrogen and oxygen atoms in total. The van der Waals surface area contributed by atoms with Gasteiger partial charge in [-0.2, -0.15) is 5.26 Å².